The van der Waals surface area contributed by atoms with Crippen LogP contribution in [0.25, 0.3) is 0 Å². The summed E-state index contributed by atoms with van der Waals surface area (Å²) in [5, 5.41) is 11.9. The number of benzene rings is 1. The monoisotopic (exact) mass is 299 g/mol. The number of oxime groups is 1. The predicted molar refractivity (Wildman–Crippen MR) is 74.8 cm³/mol. The van der Waals surface area contributed by atoms with Gasteiger partial charge >= 0.3 is 0 Å². The van der Waals surface area contributed by atoms with E-state index in [1.54, 1.807) is 0 Å². The smallest absolute Gasteiger partial charge is 0.172 e. The normalized spacial score (nSPS) is 11.6. The Labute approximate surface area is 110 Å². The van der Waals surface area contributed by atoms with Crippen molar-refractivity contribution in [2.75, 3.05) is 18.0 Å². The molecule has 0 aliphatic carbocycles. The molecule has 0 heterocycles. The van der Waals surface area contributed by atoms with Gasteiger partial charge in [0, 0.05) is 28.8 Å². The van der Waals surface area contributed by atoms with Crippen molar-refractivity contribution >= 4 is 27.5 Å². The van der Waals surface area contributed by atoms with Crippen LogP contribution in [0.15, 0.2) is 27.8 Å². The van der Waals surface area contributed by atoms with Crippen molar-refractivity contribution in [1.82, 2.24) is 0 Å². The Morgan fingerprint density at radius 1 is 1.47 bits per heavy atom. The van der Waals surface area contributed by atoms with E-state index in [9.17, 15) is 0 Å². The molecule has 0 spiro atoms. The molecule has 0 radical (unpaired) electrons. The molecule has 5 heteroatoms. The van der Waals surface area contributed by atoms with Crippen LogP contribution in [0, 0.1) is 0 Å². The summed E-state index contributed by atoms with van der Waals surface area (Å²) in [7, 11) is 0. The van der Waals surface area contributed by atoms with Crippen LogP contribution < -0.4 is 10.6 Å². The van der Waals surface area contributed by atoms with E-state index in [4.69, 9.17) is 10.9 Å². The van der Waals surface area contributed by atoms with Gasteiger partial charge < -0.3 is 15.8 Å². The van der Waals surface area contributed by atoms with E-state index in [1.807, 2.05) is 18.2 Å². The molecule has 0 aliphatic heterocycles. The number of anilines is 1. The van der Waals surface area contributed by atoms with Crippen LogP contribution in [-0.4, -0.2) is 24.1 Å². The van der Waals surface area contributed by atoms with E-state index in [2.05, 4.69) is 39.8 Å². The molecular weight excluding hydrogens is 282 g/mol. The first kappa shape index (κ1) is 13.8. The molecule has 17 heavy (non-hydrogen) atoms. The van der Waals surface area contributed by atoms with E-state index in [1.165, 1.54) is 0 Å². The third-order valence-electron chi connectivity index (χ3n) is 2.56. The molecule has 1 rings (SSSR count). The number of hydrogen-bond acceptors (Lipinski definition) is 3. The fourth-order valence-electron chi connectivity index (χ4n) is 1.76. The Hall–Kier alpha value is -1.23. The quantitative estimate of drug-likeness (QED) is 0.380. The lowest BCUT2D eigenvalue weighted by Crippen LogP contribution is -2.27. The topological polar surface area (TPSA) is 61.8 Å². The molecule has 1 aromatic rings. The van der Waals surface area contributed by atoms with Crippen LogP contribution in [0.2, 0.25) is 0 Å². The first-order valence-electron chi connectivity index (χ1n) is 5.66. The molecule has 0 aromatic heterocycles. The van der Waals surface area contributed by atoms with Gasteiger partial charge in [-0.25, -0.2) is 0 Å². The highest BCUT2D eigenvalue weighted by Crippen LogP contribution is 2.24. The first-order valence-corrected chi connectivity index (χ1v) is 6.45. The van der Waals surface area contributed by atoms with Gasteiger partial charge in [-0.05, 0) is 31.5 Å². The summed E-state index contributed by atoms with van der Waals surface area (Å²) in [6.07, 6.45) is 1.06. The maximum absolute atomic E-state index is 8.82. The van der Waals surface area contributed by atoms with Crippen molar-refractivity contribution in [3.8, 4) is 0 Å². The van der Waals surface area contributed by atoms with Crippen LogP contribution in [0.4, 0.5) is 5.69 Å². The molecule has 0 saturated heterocycles. The maximum atomic E-state index is 8.82. The lowest BCUT2D eigenvalue weighted by molar-refractivity contribution is 0.318. The zero-order valence-corrected chi connectivity index (χ0v) is 11.7. The third kappa shape index (κ3) is 3.36. The van der Waals surface area contributed by atoms with Crippen LogP contribution in [-0.2, 0) is 0 Å². The van der Waals surface area contributed by atoms with E-state index in [-0.39, 0.29) is 5.84 Å². The zero-order valence-electron chi connectivity index (χ0n) is 10.2. The summed E-state index contributed by atoms with van der Waals surface area (Å²) >= 11 is 3.39. The number of amidine groups is 1. The summed E-state index contributed by atoms with van der Waals surface area (Å²) in [4.78, 5) is 2.21. The molecule has 0 amide bonds. The Morgan fingerprint density at radius 2 is 2.18 bits per heavy atom. The van der Waals surface area contributed by atoms with E-state index >= 15 is 0 Å². The fraction of sp³-hybridized carbons (Fsp3) is 0.417. The molecule has 0 bridgehead atoms. The van der Waals surface area contributed by atoms with E-state index in [0.717, 1.165) is 35.2 Å². The highest BCUT2D eigenvalue weighted by atomic mass is 79.9. The number of nitrogens with two attached hydrogens (primary N) is 1. The summed E-state index contributed by atoms with van der Waals surface area (Å²) in [5.41, 5.74) is 7.45. The van der Waals surface area contributed by atoms with Crippen molar-refractivity contribution in [1.29, 1.82) is 0 Å². The average molecular weight is 300 g/mol. The molecule has 0 fully saturated rings. The van der Waals surface area contributed by atoms with Crippen LogP contribution in [0.3, 0.4) is 0 Å². The van der Waals surface area contributed by atoms with E-state index in [0.29, 0.717) is 0 Å². The Bertz CT molecular complexity index is 407. The molecule has 4 nitrogen and oxygen atoms in total. The fourth-order valence-corrected chi connectivity index (χ4v) is 2.12. The summed E-state index contributed by atoms with van der Waals surface area (Å²) in [6, 6.07) is 5.81. The lowest BCUT2D eigenvalue weighted by atomic mass is 10.1. The number of nitrogens with zero attached hydrogens (tertiary/aromatic N) is 2. The van der Waals surface area contributed by atoms with Crippen molar-refractivity contribution in [3.63, 3.8) is 0 Å². The van der Waals surface area contributed by atoms with Crippen LogP contribution in [0.1, 0.15) is 25.8 Å². The minimum atomic E-state index is 0.135. The molecule has 0 atom stereocenters. The van der Waals surface area contributed by atoms with Crippen molar-refractivity contribution in [2.45, 2.75) is 20.3 Å². The Balaban J connectivity index is 3.21. The number of hydrogen-bond donors (Lipinski definition) is 2. The molecule has 0 saturated carbocycles. The van der Waals surface area contributed by atoms with Gasteiger partial charge in [-0.3, -0.25) is 0 Å². The second-order valence-electron chi connectivity index (χ2n) is 3.73. The molecule has 94 valence electrons. The second kappa shape index (κ2) is 6.49. The van der Waals surface area contributed by atoms with Gasteiger partial charge in [-0.15, -0.1) is 0 Å². The Kier molecular flexibility index (Phi) is 5.28. The summed E-state index contributed by atoms with van der Waals surface area (Å²) < 4.78 is 0.912. The number of halogens is 1. The third-order valence-corrected chi connectivity index (χ3v) is 3.05. The van der Waals surface area contributed by atoms with Crippen LogP contribution >= 0.6 is 15.9 Å². The summed E-state index contributed by atoms with van der Waals surface area (Å²) in [5.74, 6) is 0.135. The number of rotatable bonds is 5. The van der Waals surface area contributed by atoms with Crippen molar-refractivity contribution in [3.05, 3.63) is 28.2 Å². The molecule has 0 aliphatic rings. The SMILES string of the molecule is CCCN(CC)c1ccc(Br)cc1/C(N)=N/O. The largest absolute Gasteiger partial charge is 0.409 e. The highest BCUT2D eigenvalue weighted by Gasteiger charge is 2.12. The van der Waals surface area contributed by atoms with Gasteiger partial charge in [0.1, 0.15) is 0 Å². The Morgan fingerprint density at radius 3 is 2.71 bits per heavy atom. The first-order chi connectivity index (χ1) is 8.13. The van der Waals surface area contributed by atoms with Gasteiger partial charge in [0.25, 0.3) is 0 Å². The summed E-state index contributed by atoms with van der Waals surface area (Å²) in [6.45, 7) is 6.06. The van der Waals surface area contributed by atoms with Gasteiger partial charge in [-0.2, -0.15) is 0 Å². The highest BCUT2D eigenvalue weighted by molar-refractivity contribution is 9.10. The second-order valence-corrected chi connectivity index (χ2v) is 4.64. The molecular formula is C12H18BrN3O. The predicted octanol–water partition coefficient (Wildman–Crippen LogP) is 2.78. The lowest BCUT2D eigenvalue weighted by Gasteiger charge is -2.25. The van der Waals surface area contributed by atoms with Crippen molar-refractivity contribution < 1.29 is 5.21 Å². The van der Waals surface area contributed by atoms with Gasteiger partial charge in [-0.1, -0.05) is 28.0 Å². The minimum absolute atomic E-state index is 0.135. The molecule has 3 N–H and O–H groups in total. The van der Waals surface area contributed by atoms with Gasteiger partial charge in [0.05, 0.1) is 0 Å². The van der Waals surface area contributed by atoms with Gasteiger partial charge in [0.2, 0.25) is 0 Å². The standard InChI is InChI=1S/C12H18BrN3O/c1-3-7-16(4-2)11-6-5-9(13)8-10(11)12(14)15-17/h5-6,8,17H,3-4,7H2,1-2H3,(H2,14,15). The average Bonchev–Trinajstić information content (AvgIpc) is 2.35. The molecule has 0 unspecified atom stereocenters. The van der Waals surface area contributed by atoms with Crippen molar-refractivity contribution in [2.24, 2.45) is 10.9 Å². The maximum Gasteiger partial charge on any atom is 0.172 e. The zero-order chi connectivity index (χ0) is 12.8. The van der Waals surface area contributed by atoms with Crippen LogP contribution in [0.5, 0.6) is 0 Å². The van der Waals surface area contributed by atoms with Gasteiger partial charge in [0.15, 0.2) is 5.84 Å². The minimum Gasteiger partial charge on any atom is -0.409 e. The van der Waals surface area contributed by atoms with E-state index < -0.39 is 0 Å². The molecule has 1 aromatic carbocycles.